The quantitative estimate of drug-likeness (QED) is 0.596. The van der Waals surface area contributed by atoms with Crippen molar-refractivity contribution in [1.29, 1.82) is 0 Å². The van der Waals surface area contributed by atoms with Gasteiger partial charge in [0.2, 0.25) is 5.89 Å². The van der Waals surface area contributed by atoms with E-state index in [4.69, 9.17) is 4.52 Å². The van der Waals surface area contributed by atoms with Gasteiger partial charge in [0.05, 0.1) is 12.6 Å². The predicted octanol–water partition coefficient (Wildman–Crippen LogP) is 2.58. The summed E-state index contributed by atoms with van der Waals surface area (Å²) in [7, 11) is 1.77. The molecule has 1 aliphatic rings. The molecule has 1 fully saturated rings. The number of aryl methyl sites for hydroxylation is 1. The molecule has 3 heterocycles. The molecule has 0 radical (unpaired) electrons. The van der Waals surface area contributed by atoms with Gasteiger partial charge in [0, 0.05) is 18.5 Å². The first-order valence-corrected chi connectivity index (χ1v) is 10.0. The maximum Gasteiger partial charge on any atom is 0.246 e. The van der Waals surface area contributed by atoms with Crippen LogP contribution in [0.1, 0.15) is 42.4 Å². The summed E-state index contributed by atoms with van der Waals surface area (Å²) in [4.78, 5) is 12.5. The largest absolute Gasteiger partial charge is 0.354 e. The molecule has 26 heavy (non-hydrogen) atoms. The number of nitrogens with one attached hydrogen (secondary N) is 2. The predicted molar refractivity (Wildman–Crippen MR) is 104 cm³/mol. The summed E-state index contributed by atoms with van der Waals surface area (Å²) in [5.74, 6) is 2.77. The second-order valence-corrected chi connectivity index (χ2v) is 7.77. The average Bonchev–Trinajstić information content (AvgIpc) is 3.31. The zero-order chi connectivity index (χ0) is 18.4. The Kier molecular flexibility index (Phi) is 6.62. The Bertz CT molecular complexity index is 690. The van der Waals surface area contributed by atoms with Crippen molar-refractivity contribution in [2.75, 3.05) is 26.7 Å². The van der Waals surface area contributed by atoms with E-state index in [0.29, 0.717) is 24.3 Å². The van der Waals surface area contributed by atoms with Crippen molar-refractivity contribution in [3.63, 3.8) is 0 Å². The molecule has 2 aromatic heterocycles. The molecule has 1 saturated heterocycles. The van der Waals surface area contributed by atoms with Crippen molar-refractivity contribution in [3.05, 3.63) is 34.1 Å². The van der Waals surface area contributed by atoms with Gasteiger partial charge in [0.25, 0.3) is 0 Å². The zero-order valence-corrected chi connectivity index (χ0v) is 16.6. The highest BCUT2D eigenvalue weighted by molar-refractivity contribution is 7.10. The molecule has 0 saturated carbocycles. The van der Waals surface area contributed by atoms with Crippen molar-refractivity contribution < 1.29 is 4.52 Å². The third-order valence-electron chi connectivity index (χ3n) is 4.79. The van der Waals surface area contributed by atoms with Crippen LogP contribution in [0.3, 0.4) is 0 Å². The Hall–Kier alpha value is -1.93. The summed E-state index contributed by atoms with van der Waals surface area (Å²) in [6, 6.07) is 4.73. The van der Waals surface area contributed by atoms with Crippen LogP contribution >= 0.6 is 11.3 Å². The van der Waals surface area contributed by atoms with Crippen LogP contribution in [-0.2, 0) is 6.54 Å². The maximum absolute atomic E-state index is 5.14. The molecule has 8 heteroatoms. The number of hydrogen-bond acceptors (Lipinski definition) is 6. The fraction of sp³-hybridized carbons (Fsp3) is 0.611. The van der Waals surface area contributed by atoms with Gasteiger partial charge in [0.15, 0.2) is 11.8 Å². The summed E-state index contributed by atoms with van der Waals surface area (Å²) in [5.41, 5.74) is 0. The van der Waals surface area contributed by atoms with Crippen LogP contribution < -0.4 is 10.6 Å². The van der Waals surface area contributed by atoms with Crippen LogP contribution in [0.15, 0.2) is 27.0 Å². The van der Waals surface area contributed by atoms with E-state index in [-0.39, 0.29) is 0 Å². The highest BCUT2D eigenvalue weighted by Crippen LogP contribution is 2.28. The van der Waals surface area contributed by atoms with Gasteiger partial charge in [-0.1, -0.05) is 18.1 Å². The molecule has 0 aliphatic carbocycles. The molecular formula is C18H28N6OS. The Balaban J connectivity index is 1.57. The van der Waals surface area contributed by atoms with Gasteiger partial charge in [-0.05, 0) is 50.2 Å². The number of hydrogen-bond donors (Lipinski definition) is 2. The van der Waals surface area contributed by atoms with Gasteiger partial charge >= 0.3 is 0 Å². The molecule has 0 aromatic carbocycles. The smallest absolute Gasteiger partial charge is 0.246 e. The van der Waals surface area contributed by atoms with E-state index in [9.17, 15) is 0 Å². The number of rotatable bonds is 6. The number of aromatic nitrogens is 2. The molecule has 0 bridgehead atoms. The fourth-order valence-corrected chi connectivity index (χ4v) is 4.08. The minimum Gasteiger partial charge on any atom is -0.354 e. The van der Waals surface area contributed by atoms with E-state index in [1.54, 1.807) is 7.05 Å². The molecule has 7 nitrogen and oxygen atoms in total. The SMILES string of the molecule is CN=C(NCc1nc(C)no1)NCC(c1cccs1)N1CCC(C)CC1. The minimum absolute atomic E-state index is 0.367. The number of aliphatic imine (C=N–C) groups is 1. The van der Waals surface area contributed by atoms with E-state index in [0.717, 1.165) is 31.5 Å². The van der Waals surface area contributed by atoms with Crippen molar-refractivity contribution in [3.8, 4) is 0 Å². The first kappa shape index (κ1) is 18.8. The first-order chi connectivity index (χ1) is 12.7. The lowest BCUT2D eigenvalue weighted by Gasteiger charge is -2.36. The molecule has 3 rings (SSSR count). The van der Waals surface area contributed by atoms with Crippen molar-refractivity contribution in [1.82, 2.24) is 25.7 Å². The normalized spacial score (nSPS) is 18.0. The van der Waals surface area contributed by atoms with Gasteiger partial charge in [-0.3, -0.25) is 9.89 Å². The molecule has 142 valence electrons. The molecule has 1 atom stereocenters. The van der Waals surface area contributed by atoms with E-state index in [1.807, 2.05) is 18.3 Å². The number of likely N-dealkylation sites (tertiary alicyclic amines) is 1. The lowest BCUT2D eigenvalue weighted by Crippen LogP contribution is -2.44. The summed E-state index contributed by atoms with van der Waals surface area (Å²) in [5, 5.41) is 12.7. The highest BCUT2D eigenvalue weighted by atomic mass is 32.1. The maximum atomic E-state index is 5.14. The molecular weight excluding hydrogens is 348 g/mol. The Labute approximate surface area is 158 Å². The van der Waals surface area contributed by atoms with Crippen molar-refractivity contribution in [2.24, 2.45) is 10.9 Å². The van der Waals surface area contributed by atoms with E-state index < -0.39 is 0 Å². The molecule has 2 N–H and O–H groups in total. The average molecular weight is 377 g/mol. The lowest BCUT2D eigenvalue weighted by atomic mass is 9.97. The molecule has 1 unspecified atom stereocenters. The van der Waals surface area contributed by atoms with Gasteiger partial charge in [0.1, 0.15) is 0 Å². The summed E-state index contributed by atoms with van der Waals surface area (Å²) < 4.78 is 5.14. The Morgan fingerprint density at radius 2 is 2.23 bits per heavy atom. The van der Waals surface area contributed by atoms with Gasteiger partial charge < -0.3 is 15.2 Å². The molecule has 0 amide bonds. The van der Waals surface area contributed by atoms with Gasteiger partial charge in [-0.25, -0.2) is 0 Å². The highest BCUT2D eigenvalue weighted by Gasteiger charge is 2.25. The number of piperidine rings is 1. The van der Waals surface area contributed by atoms with Crippen LogP contribution in [0.4, 0.5) is 0 Å². The van der Waals surface area contributed by atoms with E-state index in [2.05, 4.69) is 55.1 Å². The molecule has 0 spiro atoms. The van der Waals surface area contributed by atoms with Gasteiger partial charge in [-0.15, -0.1) is 11.3 Å². The lowest BCUT2D eigenvalue weighted by molar-refractivity contribution is 0.140. The van der Waals surface area contributed by atoms with Crippen LogP contribution in [0.5, 0.6) is 0 Å². The third kappa shape index (κ3) is 5.04. The first-order valence-electron chi connectivity index (χ1n) is 9.17. The number of nitrogens with zero attached hydrogens (tertiary/aromatic N) is 4. The number of thiophene rings is 1. The summed E-state index contributed by atoms with van der Waals surface area (Å²) in [6.07, 6.45) is 2.54. The van der Waals surface area contributed by atoms with E-state index in [1.165, 1.54) is 17.7 Å². The van der Waals surface area contributed by atoms with Crippen LogP contribution in [0.2, 0.25) is 0 Å². The van der Waals surface area contributed by atoms with E-state index >= 15 is 0 Å². The third-order valence-corrected chi connectivity index (χ3v) is 5.77. The number of guanidine groups is 1. The fourth-order valence-electron chi connectivity index (χ4n) is 3.22. The second kappa shape index (κ2) is 9.14. The minimum atomic E-state index is 0.367. The molecule has 2 aromatic rings. The van der Waals surface area contributed by atoms with Crippen LogP contribution in [0.25, 0.3) is 0 Å². The van der Waals surface area contributed by atoms with Gasteiger partial charge in [-0.2, -0.15) is 4.98 Å². The van der Waals surface area contributed by atoms with Crippen molar-refractivity contribution >= 4 is 17.3 Å². The van der Waals surface area contributed by atoms with Crippen molar-refractivity contribution in [2.45, 2.75) is 39.3 Å². The molecule has 1 aliphatic heterocycles. The standard InChI is InChI=1S/C18H28N6OS/c1-13-6-8-24(9-7-13)15(16-5-4-10-26-16)11-20-18(19-3)21-12-17-22-14(2)23-25-17/h4-5,10,13,15H,6-9,11-12H2,1-3H3,(H2,19,20,21). The second-order valence-electron chi connectivity index (χ2n) is 6.79. The summed E-state index contributed by atoms with van der Waals surface area (Å²) >= 11 is 1.82. The topological polar surface area (TPSA) is 78.6 Å². The zero-order valence-electron chi connectivity index (χ0n) is 15.7. The monoisotopic (exact) mass is 376 g/mol. The Morgan fingerprint density at radius 3 is 2.85 bits per heavy atom. The van der Waals surface area contributed by atoms with Crippen LogP contribution in [-0.4, -0.2) is 47.7 Å². The Morgan fingerprint density at radius 1 is 1.42 bits per heavy atom. The summed E-state index contributed by atoms with van der Waals surface area (Å²) in [6.45, 7) is 7.74. The van der Waals surface area contributed by atoms with Crippen LogP contribution in [0, 0.1) is 12.8 Å².